The highest BCUT2D eigenvalue weighted by molar-refractivity contribution is 5.70. The van der Waals surface area contributed by atoms with Gasteiger partial charge in [0.25, 0.3) is 0 Å². The highest BCUT2D eigenvalue weighted by Crippen LogP contribution is 2.26. The van der Waals surface area contributed by atoms with Crippen molar-refractivity contribution < 1.29 is 9.90 Å². The Bertz CT molecular complexity index is 336. The minimum Gasteiger partial charge on any atom is -0.481 e. The van der Waals surface area contributed by atoms with E-state index in [1.165, 1.54) is 5.56 Å². The van der Waals surface area contributed by atoms with Crippen LogP contribution in [0.3, 0.4) is 0 Å². The van der Waals surface area contributed by atoms with Gasteiger partial charge in [-0.25, -0.2) is 0 Å². The second-order valence-corrected chi connectivity index (χ2v) is 4.50. The molecule has 0 spiro atoms. The van der Waals surface area contributed by atoms with E-state index in [9.17, 15) is 4.79 Å². The van der Waals surface area contributed by atoms with E-state index in [-0.39, 0.29) is 11.8 Å². The first kappa shape index (κ1) is 11.8. The predicted molar refractivity (Wildman–Crippen MR) is 61.1 cm³/mol. The molecule has 15 heavy (non-hydrogen) atoms. The molecule has 0 atom stereocenters. The molecule has 1 rings (SSSR count). The third-order valence-electron chi connectivity index (χ3n) is 2.97. The molecular formula is C13H18O2. The Morgan fingerprint density at radius 2 is 1.80 bits per heavy atom. The van der Waals surface area contributed by atoms with E-state index in [1.807, 2.05) is 24.3 Å². The maximum atomic E-state index is 10.5. The van der Waals surface area contributed by atoms with E-state index in [2.05, 4.69) is 20.8 Å². The minimum absolute atomic E-state index is 0.104. The Kier molecular flexibility index (Phi) is 3.51. The molecule has 0 heterocycles. The molecule has 0 aliphatic rings. The Balaban J connectivity index is 2.85. The fourth-order valence-electron chi connectivity index (χ4n) is 1.45. The van der Waals surface area contributed by atoms with Crippen LogP contribution < -0.4 is 0 Å². The van der Waals surface area contributed by atoms with Crippen LogP contribution in [-0.2, 0) is 16.6 Å². The highest BCUT2D eigenvalue weighted by Gasteiger charge is 2.17. The van der Waals surface area contributed by atoms with Crippen molar-refractivity contribution in [3.63, 3.8) is 0 Å². The van der Waals surface area contributed by atoms with Gasteiger partial charge in [-0.2, -0.15) is 0 Å². The predicted octanol–water partition coefficient (Wildman–Crippen LogP) is 3.00. The van der Waals surface area contributed by atoms with Crippen LogP contribution in [0.5, 0.6) is 0 Å². The maximum Gasteiger partial charge on any atom is 0.307 e. The van der Waals surface area contributed by atoms with Gasteiger partial charge >= 0.3 is 5.97 Å². The summed E-state index contributed by atoms with van der Waals surface area (Å²) >= 11 is 0. The topological polar surface area (TPSA) is 37.3 Å². The molecule has 0 amide bonds. The standard InChI is InChI=1S/C13H18O2/c1-4-13(2,3)11-7-5-10(6-8-11)9-12(14)15/h5-8H,4,9H2,1-3H3,(H,14,15). The van der Waals surface area contributed by atoms with E-state index in [4.69, 9.17) is 5.11 Å². The van der Waals surface area contributed by atoms with E-state index in [0.717, 1.165) is 12.0 Å². The zero-order valence-electron chi connectivity index (χ0n) is 9.58. The molecule has 82 valence electrons. The van der Waals surface area contributed by atoms with Gasteiger partial charge in [-0.15, -0.1) is 0 Å². The second kappa shape index (κ2) is 4.47. The van der Waals surface area contributed by atoms with Crippen molar-refractivity contribution >= 4 is 5.97 Å². The Labute approximate surface area is 90.9 Å². The lowest BCUT2D eigenvalue weighted by Crippen LogP contribution is -2.15. The molecule has 0 aromatic heterocycles. The first-order valence-electron chi connectivity index (χ1n) is 5.27. The molecule has 2 heteroatoms. The van der Waals surface area contributed by atoms with Crippen molar-refractivity contribution in [3.05, 3.63) is 35.4 Å². The molecular weight excluding hydrogens is 188 g/mol. The lowest BCUT2D eigenvalue weighted by Gasteiger charge is -2.23. The van der Waals surface area contributed by atoms with Gasteiger partial charge < -0.3 is 5.11 Å². The number of carboxylic acids is 1. The summed E-state index contributed by atoms with van der Waals surface area (Å²) in [5, 5.41) is 8.64. The normalized spacial score (nSPS) is 11.4. The summed E-state index contributed by atoms with van der Waals surface area (Å²) in [5.74, 6) is -0.780. The highest BCUT2D eigenvalue weighted by atomic mass is 16.4. The van der Waals surface area contributed by atoms with E-state index in [0.29, 0.717) is 0 Å². The molecule has 0 saturated carbocycles. The first-order valence-corrected chi connectivity index (χ1v) is 5.27. The summed E-state index contributed by atoms with van der Waals surface area (Å²) in [6.45, 7) is 6.55. The summed E-state index contributed by atoms with van der Waals surface area (Å²) in [4.78, 5) is 10.5. The van der Waals surface area contributed by atoms with Crippen LogP contribution >= 0.6 is 0 Å². The van der Waals surface area contributed by atoms with Crippen molar-refractivity contribution in [2.45, 2.75) is 39.0 Å². The van der Waals surface area contributed by atoms with Crippen molar-refractivity contribution in [1.82, 2.24) is 0 Å². The molecule has 0 fully saturated rings. The van der Waals surface area contributed by atoms with Crippen molar-refractivity contribution in [2.75, 3.05) is 0 Å². The van der Waals surface area contributed by atoms with Crippen molar-refractivity contribution in [3.8, 4) is 0 Å². The Morgan fingerprint density at radius 3 is 2.20 bits per heavy atom. The average Bonchev–Trinajstić information content (AvgIpc) is 2.18. The summed E-state index contributed by atoms with van der Waals surface area (Å²) in [6.07, 6.45) is 1.18. The molecule has 1 aromatic rings. The molecule has 1 aromatic carbocycles. The lowest BCUT2D eigenvalue weighted by molar-refractivity contribution is -0.136. The number of carbonyl (C=O) groups is 1. The third-order valence-corrected chi connectivity index (χ3v) is 2.97. The van der Waals surface area contributed by atoms with Crippen LogP contribution in [0.4, 0.5) is 0 Å². The van der Waals surface area contributed by atoms with E-state index in [1.54, 1.807) is 0 Å². The van der Waals surface area contributed by atoms with Crippen LogP contribution in [0, 0.1) is 0 Å². The molecule has 0 aliphatic heterocycles. The SMILES string of the molecule is CCC(C)(C)c1ccc(CC(=O)O)cc1. The zero-order chi connectivity index (χ0) is 11.5. The monoisotopic (exact) mass is 206 g/mol. The average molecular weight is 206 g/mol. The van der Waals surface area contributed by atoms with E-state index < -0.39 is 5.97 Å². The van der Waals surface area contributed by atoms with Crippen LogP contribution in [0.25, 0.3) is 0 Å². The Hall–Kier alpha value is -1.31. The molecule has 0 saturated heterocycles. The van der Waals surface area contributed by atoms with Gasteiger partial charge in [0.15, 0.2) is 0 Å². The van der Waals surface area contributed by atoms with Gasteiger partial charge in [-0.05, 0) is 23.0 Å². The van der Waals surface area contributed by atoms with Crippen molar-refractivity contribution in [2.24, 2.45) is 0 Å². The molecule has 0 bridgehead atoms. The minimum atomic E-state index is -0.780. The molecule has 2 nitrogen and oxygen atoms in total. The molecule has 0 radical (unpaired) electrons. The fourth-order valence-corrected chi connectivity index (χ4v) is 1.45. The second-order valence-electron chi connectivity index (χ2n) is 4.50. The van der Waals surface area contributed by atoms with Gasteiger partial charge in [-0.3, -0.25) is 4.79 Å². The third kappa shape index (κ3) is 3.08. The summed E-state index contributed by atoms with van der Waals surface area (Å²) in [5.41, 5.74) is 2.29. The van der Waals surface area contributed by atoms with Gasteiger partial charge in [-0.1, -0.05) is 45.0 Å². The maximum absolute atomic E-state index is 10.5. The van der Waals surface area contributed by atoms with Gasteiger partial charge in [0.1, 0.15) is 0 Å². The quantitative estimate of drug-likeness (QED) is 0.822. The number of hydrogen-bond donors (Lipinski definition) is 1. The molecule has 1 N–H and O–H groups in total. The smallest absolute Gasteiger partial charge is 0.307 e. The number of hydrogen-bond acceptors (Lipinski definition) is 1. The summed E-state index contributed by atoms with van der Waals surface area (Å²) < 4.78 is 0. The molecule has 0 aliphatic carbocycles. The largest absolute Gasteiger partial charge is 0.481 e. The number of aliphatic carboxylic acids is 1. The zero-order valence-corrected chi connectivity index (χ0v) is 9.58. The van der Waals surface area contributed by atoms with Crippen LogP contribution in [0.15, 0.2) is 24.3 Å². The number of carboxylic acid groups (broad SMARTS) is 1. The van der Waals surface area contributed by atoms with Gasteiger partial charge in [0.05, 0.1) is 6.42 Å². The van der Waals surface area contributed by atoms with Gasteiger partial charge in [0, 0.05) is 0 Å². The summed E-state index contributed by atoms with van der Waals surface area (Å²) in [7, 11) is 0. The number of rotatable bonds is 4. The molecule has 0 unspecified atom stereocenters. The van der Waals surface area contributed by atoms with Gasteiger partial charge in [0.2, 0.25) is 0 Å². The van der Waals surface area contributed by atoms with Crippen molar-refractivity contribution in [1.29, 1.82) is 0 Å². The number of benzene rings is 1. The summed E-state index contributed by atoms with van der Waals surface area (Å²) in [6, 6.07) is 7.87. The Morgan fingerprint density at radius 1 is 1.27 bits per heavy atom. The first-order chi connectivity index (χ1) is 6.95. The van der Waals surface area contributed by atoms with Crippen LogP contribution in [0.1, 0.15) is 38.3 Å². The van der Waals surface area contributed by atoms with E-state index >= 15 is 0 Å². The lowest BCUT2D eigenvalue weighted by atomic mass is 9.82. The fraction of sp³-hybridized carbons (Fsp3) is 0.462. The van der Waals surface area contributed by atoms with Crippen LogP contribution in [0.2, 0.25) is 0 Å². The van der Waals surface area contributed by atoms with Crippen LogP contribution in [-0.4, -0.2) is 11.1 Å².